The third-order valence-electron chi connectivity index (χ3n) is 4.60. The van der Waals surface area contributed by atoms with Crippen LogP contribution in [0.15, 0.2) is 65.8 Å². The number of anilines is 1. The first-order valence-corrected chi connectivity index (χ1v) is 10.7. The van der Waals surface area contributed by atoms with E-state index in [1.165, 1.54) is 31.4 Å². The normalized spacial score (nSPS) is 11.0. The second kappa shape index (κ2) is 11.5. The highest BCUT2D eigenvalue weighted by Crippen LogP contribution is 2.29. The molecule has 0 aliphatic rings. The number of hydrogen-bond donors (Lipinski definition) is 2. The first kappa shape index (κ1) is 25.0. The summed E-state index contributed by atoms with van der Waals surface area (Å²) in [5.74, 6) is -1.35. The third-order valence-corrected chi connectivity index (χ3v) is 5.16. The van der Waals surface area contributed by atoms with Crippen LogP contribution in [-0.4, -0.2) is 24.6 Å². The van der Waals surface area contributed by atoms with E-state index < -0.39 is 11.8 Å². The van der Waals surface area contributed by atoms with Crippen LogP contribution >= 0.6 is 23.2 Å². The van der Waals surface area contributed by atoms with Gasteiger partial charge in [0.15, 0.2) is 11.5 Å². The molecular weight excluding hydrogens is 484 g/mol. The summed E-state index contributed by atoms with van der Waals surface area (Å²) in [5, 5.41) is 6.94. The van der Waals surface area contributed by atoms with E-state index >= 15 is 0 Å². The number of halogens is 3. The maximum absolute atomic E-state index is 13.0. The highest BCUT2D eigenvalue weighted by atomic mass is 35.5. The van der Waals surface area contributed by atoms with Crippen molar-refractivity contribution in [1.29, 1.82) is 0 Å². The molecule has 3 aromatic carbocycles. The SMILES string of the molecule is COc1cc(/C(C)=N/NC(=O)C(=O)Nc2cc(Cl)ccc2Cl)ccc1OCc1ccc(F)cc1. The van der Waals surface area contributed by atoms with Gasteiger partial charge in [-0.25, -0.2) is 9.82 Å². The van der Waals surface area contributed by atoms with Gasteiger partial charge in [0.05, 0.1) is 23.5 Å². The van der Waals surface area contributed by atoms with E-state index in [4.69, 9.17) is 32.7 Å². The van der Waals surface area contributed by atoms with E-state index in [0.29, 0.717) is 27.8 Å². The number of ether oxygens (including phenoxy) is 2. The van der Waals surface area contributed by atoms with E-state index in [9.17, 15) is 14.0 Å². The van der Waals surface area contributed by atoms with Crippen molar-refractivity contribution in [1.82, 2.24) is 5.43 Å². The molecule has 0 atom stereocenters. The molecule has 0 aliphatic heterocycles. The van der Waals surface area contributed by atoms with Crippen LogP contribution in [0.5, 0.6) is 11.5 Å². The fourth-order valence-corrected chi connectivity index (χ4v) is 3.11. The Labute approximate surface area is 205 Å². The summed E-state index contributed by atoms with van der Waals surface area (Å²) in [6.45, 7) is 1.88. The lowest BCUT2D eigenvalue weighted by Gasteiger charge is -2.12. The quantitative estimate of drug-likeness (QED) is 0.263. The lowest BCUT2D eigenvalue weighted by Crippen LogP contribution is -2.33. The van der Waals surface area contributed by atoms with Crippen molar-refractivity contribution in [3.05, 3.63) is 87.7 Å². The van der Waals surface area contributed by atoms with Crippen LogP contribution in [-0.2, 0) is 16.2 Å². The average Bonchev–Trinajstić information content (AvgIpc) is 2.84. The smallest absolute Gasteiger partial charge is 0.329 e. The highest BCUT2D eigenvalue weighted by molar-refractivity contribution is 6.42. The largest absolute Gasteiger partial charge is 0.493 e. The molecule has 3 aromatic rings. The second-order valence-corrected chi connectivity index (χ2v) is 7.84. The molecule has 2 amide bonds. The molecule has 0 saturated heterocycles. The van der Waals surface area contributed by atoms with Crippen molar-refractivity contribution in [2.45, 2.75) is 13.5 Å². The number of carbonyl (C=O) groups excluding carboxylic acids is 2. The number of amides is 2. The molecule has 0 aromatic heterocycles. The van der Waals surface area contributed by atoms with Crippen LogP contribution in [0.1, 0.15) is 18.1 Å². The zero-order chi connectivity index (χ0) is 24.7. The number of carbonyl (C=O) groups is 2. The van der Waals surface area contributed by atoms with Crippen molar-refractivity contribution < 1.29 is 23.5 Å². The van der Waals surface area contributed by atoms with Gasteiger partial charge in [0.25, 0.3) is 0 Å². The molecule has 2 N–H and O–H groups in total. The highest BCUT2D eigenvalue weighted by Gasteiger charge is 2.15. The minimum atomic E-state index is -0.985. The van der Waals surface area contributed by atoms with Crippen LogP contribution < -0.4 is 20.2 Å². The fourth-order valence-electron chi connectivity index (χ4n) is 2.78. The van der Waals surface area contributed by atoms with Gasteiger partial charge in [0, 0.05) is 10.6 Å². The molecule has 0 radical (unpaired) electrons. The summed E-state index contributed by atoms with van der Waals surface area (Å²) in [7, 11) is 1.49. The number of methoxy groups -OCH3 is 1. The van der Waals surface area contributed by atoms with E-state index in [1.54, 1.807) is 43.3 Å². The molecule has 34 heavy (non-hydrogen) atoms. The Morgan fingerprint density at radius 1 is 0.971 bits per heavy atom. The molecule has 0 unspecified atom stereocenters. The zero-order valence-corrected chi connectivity index (χ0v) is 19.7. The molecule has 0 saturated carbocycles. The van der Waals surface area contributed by atoms with Gasteiger partial charge in [-0.2, -0.15) is 5.10 Å². The van der Waals surface area contributed by atoms with E-state index in [-0.39, 0.29) is 23.1 Å². The standard InChI is InChI=1S/C24H20Cl2FN3O4/c1-14(29-30-24(32)23(31)28-20-12-17(25)6-9-19(20)26)16-5-10-21(22(11-16)33-2)34-13-15-3-7-18(27)8-4-15/h3-12H,13H2,1-2H3,(H,28,31)(H,30,32)/b29-14+. The van der Waals surface area contributed by atoms with E-state index in [0.717, 1.165) is 5.56 Å². The summed E-state index contributed by atoms with van der Waals surface area (Å²) >= 11 is 11.9. The molecule has 7 nitrogen and oxygen atoms in total. The van der Waals surface area contributed by atoms with Crippen molar-refractivity contribution in [2.24, 2.45) is 5.10 Å². The van der Waals surface area contributed by atoms with Crippen molar-refractivity contribution in [2.75, 3.05) is 12.4 Å². The van der Waals surface area contributed by atoms with Crippen molar-refractivity contribution in [3.63, 3.8) is 0 Å². The number of nitrogens with zero attached hydrogens (tertiary/aromatic N) is 1. The van der Waals surface area contributed by atoms with Crippen LogP contribution in [0.2, 0.25) is 10.0 Å². The van der Waals surface area contributed by atoms with Crippen LogP contribution in [0.25, 0.3) is 0 Å². The maximum Gasteiger partial charge on any atom is 0.329 e. The summed E-state index contributed by atoms with van der Waals surface area (Å²) in [5.41, 5.74) is 4.25. The van der Waals surface area contributed by atoms with Crippen molar-refractivity contribution >= 4 is 46.4 Å². The number of nitrogens with one attached hydrogen (secondary N) is 2. The summed E-state index contributed by atoms with van der Waals surface area (Å²) in [4.78, 5) is 24.2. The lowest BCUT2D eigenvalue weighted by atomic mass is 10.1. The monoisotopic (exact) mass is 503 g/mol. The van der Waals surface area contributed by atoms with E-state index in [1.807, 2.05) is 0 Å². The summed E-state index contributed by atoms with van der Waals surface area (Å²) in [6, 6.07) is 15.5. The predicted molar refractivity (Wildman–Crippen MR) is 129 cm³/mol. The Bertz CT molecular complexity index is 1230. The maximum atomic E-state index is 13.0. The first-order valence-electron chi connectivity index (χ1n) is 9.93. The number of hydrogen-bond acceptors (Lipinski definition) is 5. The molecule has 10 heteroatoms. The Morgan fingerprint density at radius 2 is 1.71 bits per heavy atom. The number of rotatable bonds is 7. The Balaban J connectivity index is 1.63. The molecule has 0 bridgehead atoms. The minimum absolute atomic E-state index is 0.205. The van der Waals surface area contributed by atoms with Gasteiger partial charge >= 0.3 is 11.8 Å². The molecule has 176 valence electrons. The van der Waals surface area contributed by atoms with Gasteiger partial charge in [0.1, 0.15) is 12.4 Å². The molecular formula is C24H20Cl2FN3O4. The predicted octanol–water partition coefficient (Wildman–Crippen LogP) is 5.20. The lowest BCUT2D eigenvalue weighted by molar-refractivity contribution is -0.136. The van der Waals surface area contributed by atoms with Gasteiger partial charge in [-0.1, -0.05) is 35.3 Å². The summed E-state index contributed by atoms with van der Waals surface area (Å²) in [6.07, 6.45) is 0. The third kappa shape index (κ3) is 6.69. The van der Waals surface area contributed by atoms with E-state index in [2.05, 4.69) is 15.8 Å². The Kier molecular flexibility index (Phi) is 8.45. The fraction of sp³-hybridized carbons (Fsp3) is 0.125. The first-order chi connectivity index (χ1) is 16.3. The minimum Gasteiger partial charge on any atom is -0.493 e. The topological polar surface area (TPSA) is 89.0 Å². The molecule has 3 rings (SSSR count). The van der Waals surface area contributed by atoms with Crippen LogP contribution in [0, 0.1) is 5.82 Å². The van der Waals surface area contributed by atoms with Gasteiger partial charge in [-0.3, -0.25) is 9.59 Å². The number of hydrazone groups is 1. The van der Waals surface area contributed by atoms with Crippen molar-refractivity contribution in [3.8, 4) is 11.5 Å². The van der Waals surface area contributed by atoms with Gasteiger partial charge in [-0.15, -0.1) is 0 Å². The number of benzene rings is 3. The van der Waals surface area contributed by atoms with Crippen LogP contribution in [0.4, 0.5) is 10.1 Å². The van der Waals surface area contributed by atoms with Gasteiger partial charge < -0.3 is 14.8 Å². The second-order valence-electron chi connectivity index (χ2n) is 7.00. The molecule has 0 heterocycles. The Morgan fingerprint density at radius 3 is 2.41 bits per heavy atom. The summed E-state index contributed by atoms with van der Waals surface area (Å²) < 4.78 is 24.2. The zero-order valence-electron chi connectivity index (χ0n) is 18.2. The Hall–Kier alpha value is -3.62. The van der Waals surface area contributed by atoms with Crippen LogP contribution in [0.3, 0.4) is 0 Å². The van der Waals surface area contributed by atoms with Gasteiger partial charge in [0.2, 0.25) is 0 Å². The molecule has 0 spiro atoms. The van der Waals surface area contributed by atoms with Gasteiger partial charge in [-0.05, 0) is 61.0 Å². The molecule has 0 aliphatic carbocycles. The molecule has 0 fully saturated rings. The average molecular weight is 504 g/mol.